The van der Waals surface area contributed by atoms with Crippen LogP contribution in [0, 0.1) is 5.82 Å². The fourth-order valence-electron chi connectivity index (χ4n) is 2.61. The first-order valence-electron chi connectivity index (χ1n) is 7.71. The third-order valence-electron chi connectivity index (χ3n) is 3.89. The predicted octanol–water partition coefficient (Wildman–Crippen LogP) is 2.32. The number of ether oxygens (including phenoxy) is 1. The Hall–Kier alpha value is -2.32. The van der Waals surface area contributed by atoms with E-state index in [2.05, 4.69) is 5.32 Å². The highest BCUT2D eigenvalue weighted by Gasteiger charge is 2.35. The summed E-state index contributed by atoms with van der Waals surface area (Å²) in [6.45, 7) is -0.229. The minimum absolute atomic E-state index is 0.0300. The largest absolute Gasteiger partial charge is 0.476 e. The second-order valence-electron chi connectivity index (χ2n) is 5.82. The van der Waals surface area contributed by atoms with Gasteiger partial charge in [0.1, 0.15) is 11.6 Å². The van der Waals surface area contributed by atoms with E-state index in [1.54, 1.807) is 24.3 Å². The van der Waals surface area contributed by atoms with Gasteiger partial charge in [-0.05, 0) is 24.3 Å². The van der Waals surface area contributed by atoms with Gasteiger partial charge in [-0.3, -0.25) is 9.10 Å². The number of hydrogen-bond acceptors (Lipinski definition) is 4. The van der Waals surface area contributed by atoms with E-state index in [0.29, 0.717) is 10.6 Å². The second-order valence-corrected chi connectivity index (χ2v) is 8.17. The Kier molecular flexibility index (Phi) is 5.06. The van der Waals surface area contributed by atoms with Crippen molar-refractivity contribution in [1.29, 1.82) is 0 Å². The third-order valence-corrected chi connectivity index (χ3v) is 5.28. The molecule has 1 atom stereocenters. The van der Waals surface area contributed by atoms with Gasteiger partial charge in [0.15, 0.2) is 6.10 Å². The van der Waals surface area contributed by atoms with E-state index in [0.717, 1.165) is 10.6 Å². The lowest BCUT2D eigenvalue weighted by Crippen LogP contribution is -2.50. The molecule has 0 saturated carbocycles. The second kappa shape index (κ2) is 7.13. The summed E-state index contributed by atoms with van der Waals surface area (Å²) >= 11 is 5.93. The zero-order valence-electron chi connectivity index (χ0n) is 13.8. The number of fused-ring (bicyclic) bond motifs is 1. The third kappa shape index (κ3) is 3.91. The number of halogens is 2. The highest BCUT2D eigenvalue weighted by atomic mass is 35.5. The SMILES string of the molecule is CS(=O)(=O)N1CC(C(=O)NCc2ccccc2F)Oc2ccc(Cl)cc21. The van der Waals surface area contributed by atoms with Gasteiger partial charge in [0.2, 0.25) is 10.0 Å². The minimum atomic E-state index is -3.64. The van der Waals surface area contributed by atoms with Crippen LogP contribution in [0.2, 0.25) is 5.02 Å². The molecular formula is C17H16ClFN2O4S. The van der Waals surface area contributed by atoms with Gasteiger partial charge in [0.25, 0.3) is 5.91 Å². The predicted molar refractivity (Wildman–Crippen MR) is 96.3 cm³/mol. The van der Waals surface area contributed by atoms with Crippen molar-refractivity contribution in [2.45, 2.75) is 12.6 Å². The maximum absolute atomic E-state index is 13.7. The van der Waals surface area contributed by atoms with Crippen LogP contribution in [0.25, 0.3) is 0 Å². The summed E-state index contributed by atoms with van der Waals surface area (Å²) in [5, 5.41) is 2.92. The number of carbonyl (C=O) groups is 1. The van der Waals surface area contributed by atoms with Crippen LogP contribution in [0.15, 0.2) is 42.5 Å². The molecule has 1 N–H and O–H groups in total. The van der Waals surface area contributed by atoms with E-state index in [9.17, 15) is 17.6 Å². The quantitative estimate of drug-likeness (QED) is 0.857. The smallest absolute Gasteiger partial charge is 0.263 e. The molecule has 0 saturated heterocycles. The van der Waals surface area contributed by atoms with Gasteiger partial charge in [0.05, 0.1) is 18.5 Å². The highest BCUT2D eigenvalue weighted by Crippen LogP contribution is 2.37. The molecule has 2 aromatic rings. The molecule has 138 valence electrons. The number of nitrogens with one attached hydrogen (secondary N) is 1. The maximum Gasteiger partial charge on any atom is 0.263 e. The van der Waals surface area contributed by atoms with Crippen molar-refractivity contribution >= 4 is 33.2 Å². The molecule has 0 radical (unpaired) electrons. The van der Waals surface area contributed by atoms with Gasteiger partial charge in [0, 0.05) is 17.1 Å². The molecule has 1 heterocycles. The van der Waals surface area contributed by atoms with Crippen molar-refractivity contribution in [3.05, 3.63) is 58.9 Å². The lowest BCUT2D eigenvalue weighted by Gasteiger charge is -2.34. The summed E-state index contributed by atoms with van der Waals surface area (Å²) in [4.78, 5) is 12.4. The molecule has 0 fully saturated rings. The van der Waals surface area contributed by atoms with Gasteiger partial charge >= 0.3 is 0 Å². The van der Waals surface area contributed by atoms with Crippen LogP contribution in [0.1, 0.15) is 5.56 Å². The average Bonchev–Trinajstić information content (AvgIpc) is 2.59. The summed E-state index contributed by atoms with van der Waals surface area (Å²) in [5.41, 5.74) is 0.599. The summed E-state index contributed by atoms with van der Waals surface area (Å²) in [5.74, 6) is -0.741. The Morgan fingerprint density at radius 1 is 1.35 bits per heavy atom. The molecule has 3 rings (SSSR count). The Balaban J connectivity index is 1.80. The Morgan fingerprint density at radius 2 is 2.08 bits per heavy atom. The topological polar surface area (TPSA) is 75.7 Å². The van der Waals surface area contributed by atoms with E-state index in [-0.39, 0.29) is 24.5 Å². The average molecular weight is 399 g/mol. The van der Waals surface area contributed by atoms with Gasteiger partial charge in [-0.15, -0.1) is 0 Å². The molecule has 1 amide bonds. The van der Waals surface area contributed by atoms with Crippen LogP contribution < -0.4 is 14.4 Å². The first-order valence-corrected chi connectivity index (χ1v) is 9.93. The standard InChI is InChI=1S/C17H16ClFN2O4S/c1-26(23,24)21-10-16(25-15-7-6-12(18)8-14(15)21)17(22)20-9-11-4-2-3-5-13(11)19/h2-8,16H,9-10H2,1H3,(H,20,22). The van der Waals surface area contributed by atoms with Gasteiger partial charge in [-0.25, -0.2) is 12.8 Å². The summed E-state index contributed by atoms with van der Waals surface area (Å²) in [6, 6.07) is 10.6. The zero-order chi connectivity index (χ0) is 18.9. The number of nitrogens with zero attached hydrogens (tertiary/aromatic N) is 1. The van der Waals surface area contributed by atoms with Crippen LogP contribution in [0.3, 0.4) is 0 Å². The first-order chi connectivity index (χ1) is 12.3. The van der Waals surface area contributed by atoms with Crippen LogP contribution in [0.4, 0.5) is 10.1 Å². The van der Waals surface area contributed by atoms with Crippen molar-refractivity contribution in [3.8, 4) is 5.75 Å². The van der Waals surface area contributed by atoms with Crippen molar-refractivity contribution < 1.29 is 22.3 Å². The van der Waals surface area contributed by atoms with E-state index in [1.807, 2.05) is 0 Å². The molecule has 1 aliphatic rings. The maximum atomic E-state index is 13.7. The van der Waals surface area contributed by atoms with E-state index in [1.165, 1.54) is 18.2 Å². The van der Waals surface area contributed by atoms with Crippen LogP contribution in [-0.2, 0) is 21.4 Å². The molecule has 0 aliphatic carbocycles. The minimum Gasteiger partial charge on any atom is -0.476 e. The number of rotatable bonds is 4. The van der Waals surface area contributed by atoms with E-state index >= 15 is 0 Å². The Bertz CT molecular complexity index is 952. The zero-order valence-corrected chi connectivity index (χ0v) is 15.3. The van der Waals surface area contributed by atoms with Crippen molar-refractivity contribution in [3.63, 3.8) is 0 Å². The number of carbonyl (C=O) groups excluding carboxylic acids is 1. The molecule has 0 aromatic heterocycles. The Morgan fingerprint density at radius 3 is 2.77 bits per heavy atom. The molecule has 26 heavy (non-hydrogen) atoms. The van der Waals surface area contributed by atoms with E-state index in [4.69, 9.17) is 16.3 Å². The molecule has 6 nitrogen and oxygen atoms in total. The molecule has 2 aromatic carbocycles. The number of benzene rings is 2. The van der Waals surface area contributed by atoms with Gasteiger partial charge in [-0.2, -0.15) is 0 Å². The van der Waals surface area contributed by atoms with Crippen LogP contribution in [-0.4, -0.2) is 33.2 Å². The Labute approximate surface area is 155 Å². The summed E-state index contributed by atoms with van der Waals surface area (Å²) < 4.78 is 44.5. The number of hydrogen-bond donors (Lipinski definition) is 1. The van der Waals surface area contributed by atoms with Crippen molar-refractivity contribution in [2.75, 3.05) is 17.1 Å². The molecule has 0 spiro atoms. The van der Waals surface area contributed by atoms with Crippen molar-refractivity contribution in [1.82, 2.24) is 5.32 Å². The van der Waals surface area contributed by atoms with Crippen LogP contribution in [0.5, 0.6) is 5.75 Å². The molecule has 9 heteroatoms. The molecule has 0 bridgehead atoms. The van der Waals surface area contributed by atoms with Crippen LogP contribution >= 0.6 is 11.6 Å². The highest BCUT2D eigenvalue weighted by molar-refractivity contribution is 7.92. The van der Waals surface area contributed by atoms with Gasteiger partial charge < -0.3 is 10.1 Å². The molecule has 1 unspecified atom stereocenters. The molecular weight excluding hydrogens is 383 g/mol. The lowest BCUT2D eigenvalue weighted by atomic mass is 10.2. The number of anilines is 1. The van der Waals surface area contributed by atoms with Gasteiger partial charge in [-0.1, -0.05) is 29.8 Å². The molecule has 1 aliphatic heterocycles. The monoisotopic (exact) mass is 398 g/mol. The number of amides is 1. The summed E-state index contributed by atoms with van der Waals surface area (Å²) in [6.07, 6.45) is -0.0257. The normalized spacial score (nSPS) is 16.6. The summed E-state index contributed by atoms with van der Waals surface area (Å²) in [7, 11) is -3.64. The fourth-order valence-corrected chi connectivity index (χ4v) is 3.69. The van der Waals surface area contributed by atoms with Crippen molar-refractivity contribution in [2.24, 2.45) is 0 Å². The fraction of sp³-hybridized carbons (Fsp3) is 0.235. The van der Waals surface area contributed by atoms with E-state index < -0.39 is 27.9 Å². The first kappa shape index (κ1) is 18.5. The number of sulfonamides is 1. The lowest BCUT2D eigenvalue weighted by molar-refractivity contribution is -0.127.